The van der Waals surface area contributed by atoms with E-state index in [1.54, 1.807) is 18.2 Å². The van der Waals surface area contributed by atoms with Crippen LogP contribution in [0.2, 0.25) is 0 Å². The van der Waals surface area contributed by atoms with Gasteiger partial charge in [0.2, 0.25) is 0 Å². The van der Waals surface area contributed by atoms with E-state index in [0.717, 1.165) is 4.57 Å². The summed E-state index contributed by atoms with van der Waals surface area (Å²) in [6.07, 6.45) is -1.25. The van der Waals surface area contributed by atoms with Crippen LogP contribution in [0, 0.1) is 6.92 Å². The summed E-state index contributed by atoms with van der Waals surface area (Å²) in [5.41, 5.74) is -1.15. The minimum atomic E-state index is -0.938. The Bertz CT molecular complexity index is 902. The van der Waals surface area contributed by atoms with Crippen molar-refractivity contribution in [3.8, 4) is 0 Å². The molecule has 8 nitrogen and oxygen atoms in total. The van der Waals surface area contributed by atoms with Gasteiger partial charge in [-0.05, 0) is 19.1 Å². The standard InChI is InChI=1S/C17H18N2O6/c1-10-8-18(14-7-12(21)13(9-20)25-14)17(24)19(15(10)22)16(23)11-5-3-2-4-6-11/h2-6,8,12-14,20-21H,7,9H2,1H3. The molecule has 0 aliphatic carbocycles. The summed E-state index contributed by atoms with van der Waals surface area (Å²) < 4.78 is 7.13. The van der Waals surface area contributed by atoms with E-state index in [1.165, 1.54) is 25.3 Å². The second kappa shape index (κ2) is 6.75. The fourth-order valence-electron chi connectivity index (χ4n) is 2.84. The molecule has 1 aliphatic rings. The van der Waals surface area contributed by atoms with E-state index in [9.17, 15) is 24.6 Å². The topological polar surface area (TPSA) is 111 Å². The van der Waals surface area contributed by atoms with Gasteiger partial charge in [0.05, 0.1) is 12.7 Å². The summed E-state index contributed by atoms with van der Waals surface area (Å²) in [4.78, 5) is 37.7. The molecule has 1 aromatic carbocycles. The van der Waals surface area contributed by atoms with Crippen LogP contribution in [-0.4, -0.2) is 44.1 Å². The molecule has 0 saturated carbocycles. The van der Waals surface area contributed by atoms with Crippen molar-refractivity contribution in [1.82, 2.24) is 9.13 Å². The van der Waals surface area contributed by atoms with Gasteiger partial charge in [0.15, 0.2) is 0 Å². The zero-order valence-corrected chi connectivity index (χ0v) is 13.5. The third-order valence-corrected chi connectivity index (χ3v) is 4.20. The van der Waals surface area contributed by atoms with Crippen molar-refractivity contribution in [2.75, 3.05) is 6.61 Å². The van der Waals surface area contributed by atoms with Gasteiger partial charge >= 0.3 is 5.69 Å². The van der Waals surface area contributed by atoms with E-state index in [2.05, 4.69) is 0 Å². The molecule has 3 rings (SSSR count). The maximum absolute atomic E-state index is 12.7. The van der Waals surface area contributed by atoms with Crippen LogP contribution >= 0.6 is 0 Å². The average Bonchev–Trinajstić information content (AvgIpc) is 2.99. The Morgan fingerprint density at radius 1 is 1.28 bits per heavy atom. The van der Waals surface area contributed by atoms with Crippen LogP contribution in [0.5, 0.6) is 0 Å². The molecule has 3 unspecified atom stereocenters. The molecular weight excluding hydrogens is 328 g/mol. The minimum Gasteiger partial charge on any atom is -0.394 e. The Morgan fingerprint density at radius 2 is 1.96 bits per heavy atom. The number of carbonyl (C=O) groups is 1. The van der Waals surface area contributed by atoms with Gasteiger partial charge in [-0.15, -0.1) is 0 Å². The highest BCUT2D eigenvalue weighted by Crippen LogP contribution is 2.27. The molecule has 2 N–H and O–H groups in total. The van der Waals surface area contributed by atoms with Crippen LogP contribution in [0.4, 0.5) is 0 Å². The summed E-state index contributed by atoms with van der Waals surface area (Å²) in [6, 6.07) is 8.01. The average molecular weight is 346 g/mol. The Labute approximate surface area is 142 Å². The number of benzene rings is 1. The Morgan fingerprint density at radius 3 is 2.56 bits per heavy atom. The minimum absolute atomic E-state index is 0.0717. The maximum Gasteiger partial charge on any atom is 0.340 e. The van der Waals surface area contributed by atoms with E-state index < -0.39 is 42.2 Å². The van der Waals surface area contributed by atoms with Gasteiger partial charge in [-0.1, -0.05) is 18.2 Å². The van der Waals surface area contributed by atoms with E-state index in [4.69, 9.17) is 4.74 Å². The molecule has 2 aromatic rings. The SMILES string of the molecule is Cc1cn(C2CC(O)C(CO)O2)c(=O)n(C(=O)c2ccccc2)c1=O. The van der Waals surface area contributed by atoms with Gasteiger partial charge in [0.25, 0.3) is 11.5 Å². The third kappa shape index (κ3) is 3.07. The number of aliphatic hydroxyl groups is 2. The molecule has 8 heteroatoms. The van der Waals surface area contributed by atoms with Crippen molar-refractivity contribution in [2.24, 2.45) is 0 Å². The van der Waals surface area contributed by atoms with Crippen LogP contribution in [0.25, 0.3) is 0 Å². The maximum atomic E-state index is 12.7. The Kier molecular flexibility index (Phi) is 4.67. The third-order valence-electron chi connectivity index (χ3n) is 4.20. The van der Waals surface area contributed by atoms with Crippen molar-refractivity contribution >= 4 is 5.91 Å². The summed E-state index contributed by atoms with van der Waals surface area (Å²) in [5, 5.41) is 19.0. The fraction of sp³-hybridized carbons (Fsp3) is 0.353. The van der Waals surface area contributed by atoms with Gasteiger partial charge in [-0.25, -0.2) is 4.79 Å². The number of nitrogens with zero attached hydrogens (tertiary/aromatic N) is 2. The predicted octanol–water partition coefficient (Wildman–Crippen LogP) is -0.352. The van der Waals surface area contributed by atoms with Gasteiger partial charge in [0, 0.05) is 23.7 Å². The highest BCUT2D eigenvalue weighted by molar-refractivity contribution is 5.95. The van der Waals surface area contributed by atoms with Crippen molar-refractivity contribution in [1.29, 1.82) is 0 Å². The number of hydrogen-bond acceptors (Lipinski definition) is 6. The quantitative estimate of drug-likeness (QED) is 0.786. The second-order valence-electron chi connectivity index (χ2n) is 5.93. The fourth-order valence-corrected chi connectivity index (χ4v) is 2.84. The van der Waals surface area contributed by atoms with Gasteiger partial charge in [0.1, 0.15) is 12.3 Å². The van der Waals surface area contributed by atoms with E-state index in [1.807, 2.05) is 0 Å². The van der Waals surface area contributed by atoms with E-state index >= 15 is 0 Å². The summed E-state index contributed by atoms with van der Waals surface area (Å²) >= 11 is 0. The highest BCUT2D eigenvalue weighted by atomic mass is 16.5. The molecule has 0 amide bonds. The summed E-state index contributed by atoms with van der Waals surface area (Å²) in [6.45, 7) is 1.09. The van der Waals surface area contributed by atoms with Crippen LogP contribution in [0.3, 0.4) is 0 Å². The lowest BCUT2D eigenvalue weighted by atomic mass is 10.2. The number of aryl methyl sites for hydroxylation is 1. The summed E-state index contributed by atoms with van der Waals surface area (Å²) in [5.74, 6) is -0.731. The highest BCUT2D eigenvalue weighted by Gasteiger charge is 2.35. The first-order chi connectivity index (χ1) is 11.9. The van der Waals surface area contributed by atoms with Crippen LogP contribution < -0.4 is 11.2 Å². The first-order valence-electron chi connectivity index (χ1n) is 7.83. The molecule has 25 heavy (non-hydrogen) atoms. The van der Waals surface area contributed by atoms with E-state index in [0.29, 0.717) is 4.57 Å². The molecule has 132 valence electrons. The lowest BCUT2D eigenvalue weighted by Gasteiger charge is -2.17. The van der Waals surface area contributed by atoms with Gasteiger partial charge < -0.3 is 14.9 Å². The van der Waals surface area contributed by atoms with Crippen molar-refractivity contribution in [2.45, 2.75) is 31.8 Å². The molecule has 1 fully saturated rings. The number of aromatic nitrogens is 2. The Balaban J connectivity index is 2.09. The van der Waals surface area contributed by atoms with Crippen LogP contribution in [-0.2, 0) is 4.74 Å². The zero-order valence-electron chi connectivity index (χ0n) is 13.5. The first-order valence-corrected chi connectivity index (χ1v) is 7.83. The van der Waals surface area contributed by atoms with E-state index in [-0.39, 0.29) is 17.5 Å². The number of aliphatic hydroxyl groups excluding tert-OH is 2. The molecule has 1 aromatic heterocycles. The molecule has 0 spiro atoms. The number of hydrogen-bond donors (Lipinski definition) is 2. The second-order valence-corrected chi connectivity index (χ2v) is 5.93. The van der Waals surface area contributed by atoms with Crippen molar-refractivity contribution < 1.29 is 19.7 Å². The molecule has 0 radical (unpaired) electrons. The van der Waals surface area contributed by atoms with Gasteiger partial charge in [-0.3, -0.25) is 14.2 Å². The van der Waals surface area contributed by atoms with Crippen LogP contribution in [0.1, 0.15) is 28.6 Å². The largest absolute Gasteiger partial charge is 0.394 e. The van der Waals surface area contributed by atoms with Gasteiger partial charge in [-0.2, -0.15) is 4.57 Å². The number of rotatable bonds is 3. The van der Waals surface area contributed by atoms with Crippen molar-refractivity contribution in [3.05, 3.63) is 68.5 Å². The smallest absolute Gasteiger partial charge is 0.340 e. The first kappa shape index (κ1) is 17.3. The molecule has 2 heterocycles. The lowest BCUT2D eigenvalue weighted by Crippen LogP contribution is -2.45. The molecule has 1 saturated heterocycles. The van der Waals surface area contributed by atoms with Crippen LogP contribution in [0.15, 0.2) is 46.1 Å². The predicted molar refractivity (Wildman–Crippen MR) is 87.5 cm³/mol. The molecule has 0 bridgehead atoms. The zero-order chi connectivity index (χ0) is 18.1. The van der Waals surface area contributed by atoms with Crippen molar-refractivity contribution in [3.63, 3.8) is 0 Å². The lowest BCUT2D eigenvalue weighted by molar-refractivity contribution is -0.0462. The monoisotopic (exact) mass is 346 g/mol. The number of carbonyl (C=O) groups excluding carboxylic acids is 1. The Hall–Kier alpha value is -2.55. The normalized spacial score (nSPS) is 22.9. The molecule has 3 atom stereocenters. The molecular formula is C17H18N2O6. The summed E-state index contributed by atoms with van der Waals surface area (Å²) in [7, 11) is 0. The number of ether oxygens (including phenoxy) is 1. The molecule has 1 aliphatic heterocycles.